The van der Waals surface area contributed by atoms with Crippen LogP contribution in [0.5, 0.6) is 5.75 Å². The lowest BCUT2D eigenvalue weighted by Gasteiger charge is -2.32. The molecule has 2 N–H and O–H groups in total. The van der Waals surface area contributed by atoms with Crippen LogP contribution >= 0.6 is 0 Å². The molecule has 1 aliphatic rings. The fourth-order valence-corrected chi connectivity index (χ4v) is 3.76. The predicted molar refractivity (Wildman–Crippen MR) is 132 cm³/mol. The maximum absolute atomic E-state index is 12.7. The number of hydrogen-bond acceptors (Lipinski definition) is 5. The highest BCUT2D eigenvalue weighted by Crippen LogP contribution is 2.32. The Kier molecular flexibility index (Phi) is 9.36. The first-order chi connectivity index (χ1) is 15.7. The monoisotopic (exact) mass is 475 g/mol. The van der Waals surface area contributed by atoms with E-state index in [9.17, 15) is 14.4 Å². The van der Waals surface area contributed by atoms with Crippen molar-refractivity contribution < 1.29 is 23.9 Å². The normalized spacial score (nSPS) is 15.0. The second-order valence-electron chi connectivity index (χ2n) is 11.0. The minimum Gasteiger partial charge on any atom is -0.483 e. The summed E-state index contributed by atoms with van der Waals surface area (Å²) in [5, 5.41) is 5.30. The Morgan fingerprint density at radius 2 is 1.68 bits per heavy atom. The summed E-state index contributed by atoms with van der Waals surface area (Å²) in [6.07, 6.45) is 1.00. The molecule has 0 radical (unpaired) electrons. The van der Waals surface area contributed by atoms with Crippen molar-refractivity contribution in [3.8, 4) is 5.75 Å². The summed E-state index contributed by atoms with van der Waals surface area (Å²) in [7, 11) is 0. The Balaban J connectivity index is 1.71. The molecule has 1 fully saturated rings. The molecule has 0 aromatic heterocycles. The van der Waals surface area contributed by atoms with Crippen molar-refractivity contribution in [1.29, 1.82) is 0 Å². The number of carbonyl (C=O) groups is 3. The SMILES string of the molecule is Cc1ccc(OCC(=O)N2CCC(CNC(=O)CNC(=O)OC(C)(C)C)CC2)c(C(C)(C)C)c1. The van der Waals surface area contributed by atoms with Crippen molar-refractivity contribution in [1.82, 2.24) is 15.5 Å². The van der Waals surface area contributed by atoms with Crippen molar-refractivity contribution >= 4 is 17.9 Å². The summed E-state index contributed by atoms with van der Waals surface area (Å²) in [4.78, 5) is 38.2. The van der Waals surface area contributed by atoms with Gasteiger partial charge in [-0.25, -0.2) is 4.79 Å². The number of carbonyl (C=O) groups excluding carboxylic acids is 3. The zero-order valence-corrected chi connectivity index (χ0v) is 21.7. The predicted octanol–water partition coefficient (Wildman–Crippen LogP) is 3.55. The Morgan fingerprint density at radius 1 is 1.03 bits per heavy atom. The van der Waals surface area contributed by atoms with Gasteiger partial charge in [0.15, 0.2) is 6.61 Å². The quantitative estimate of drug-likeness (QED) is 0.629. The van der Waals surface area contributed by atoms with Crippen molar-refractivity contribution in [2.45, 2.75) is 72.3 Å². The van der Waals surface area contributed by atoms with Crippen LogP contribution < -0.4 is 15.4 Å². The van der Waals surface area contributed by atoms with Crippen molar-refractivity contribution in [3.63, 3.8) is 0 Å². The van der Waals surface area contributed by atoms with E-state index < -0.39 is 11.7 Å². The fraction of sp³-hybridized carbons (Fsp3) is 0.654. The molecular formula is C26H41N3O5. The first kappa shape index (κ1) is 27.5. The Hall–Kier alpha value is -2.77. The number of nitrogens with one attached hydrogen (secondary N) is 2. The molecule has 8 nitrogen and oxygen atoms in total. The van der Waals surface area contributed by atoms with Crippen LogP contribution in [0.3, 0.4) is 0 Å². The van der Waals surface area contributed by atoms with Crippen LogP contribution in [-0.4, -0.2) is 61.2 Å². The van der Waals surface area contributed by atoms with Gasteiger partial charge in [0, 0.05) is 19.6 Å². The van der Waals surface area contributed by atoms with Crippen LogP contribution in [0, 0.1) is 12.8 Å². The van der Waals surface area contributed by atoms with Gasteiger partial charge in [0.05, 0.1) is 6.54 Å². The average Bonchev–Trinajstić information content (AvgIpc) is 2.73. The van der Waals surface area contributed by atoms with E-state index in [0.717, 1.165) is 24.2 Å². The Bertz CT molecular complexity index is 862. The number of likely N-dealkylation sites (tertiary alicyclic amines) is 1. The molecule has 0 spiro atoms. The van der Waals surface area contributed by atoms with E-state index in [1.54, 1.807) is 20.8 Å². The third-order valence-electron chi connectivity index (χ3n) is 5.64. The molecule has 1 heterocycles. The van der Waals surface area contributed by atoms with Gasteiger partial charge < -0.3 is 25.0 Å². The number of nitrogens with zero attached hydrogens (tertiary/aromatic N) is 1. The van der Waals surface area contributed by atoms with E-state index in [4.69, 9.17) is 9.47 Å². The standard InChI is InChI=1S/C26H41N3O5/c1-18-8-9-21(20(14-18)25(2,3)4)33-17-23(31)29-12-10-19(11-13-29)15-27-22(30)16-28-24(32)34-26(5,6)7/h8-9,14,19H,10-13,15-17H2,1-7H3,(H,27,30)(H,28,32). The summed E-state index contributed by atoms with van der Waals surface area (Å²) in [6, 6.07) is 6.05. The number of alkyl carbamates (subject to hydrolysis) is 1. The molecule has 0 aliphatic carbocycles. The molecule has 34 heavy (non-hydrogen) atoms. The minimum atomic E-state index is -0.614. The number of hydrogen-bond donors (Lipinski definition) is 2. The number of piperidine rings is 1. The van der Waals surface area contributed by atoms with Gasteiger partial charge in [-0.3, -0.25) is 9.59 Å². The molecule has 0 bridgehead atoms. The summed E-state index contributed by atoms with van der Waals surface area (Å²) >= 11 is 0. The lowest BCUT2D eigenvalue weighted by atomic mass is 9.85. The second kappa shape index (κ2) is 11.6. The topological polar surface area (TPSA) is 97.0 Å². The largest absolute Gasteiger partial charge is 0.483 e. The zero-order chi connectivity index (χ0) is 25.5. The molecule has 1 aromatic carbocycles. The molecule has 0 unspecified atom stereocenters. The molecule has 8 heteroatoms. The van der Waals surface area contributed by atoms with Gasteiger partial charge in [-0.15, -0.1) is 0 Å². The molecule has 3 amide bonds. The van der Waals surface area contributed by atoms with E-state index in [2.05, 4.69) is 37.5 Å². The highest BCUT2D eigenvalue weighted by atomic mass is 16.6. The molecule has 1 aliphatic heterocycles. The van der Waals surface area contributed by atoms with Crippen molar-refractivity contribution in [2.24, 2.45) is 5.92 Å². The molecule has 0 atom stereocenters. The van der Waals surface area contributed by atoms with Gasteiger partial charge in [-0.1, -0.05) is 38.5 Å². The smallest absolute Gasteiger partial charge is 0.408 e. The van der Waals surface area contributed by atoms with Crippen LogP contribution in [0.15, 0.2) is 18.2 Å². The third-order valence-corrected chi connectivity index (χ3v) is 5.64. The highest BCUT2D eigenvalue weighted by molar-refractivity contribution is 5.82. The molecule has 1 aromatic rings. The van der Waals surface area contributed by atoms with E-state index in [0.29, 0.717) is 25.6 Å². The fourth-order valence-electron chi connectivity index (χ4n) is 3.76. The molecular weight excluding hydrogens is 434 g/mol. The van der Waals surface area contributed by atoms with E-state index >= 15 is 0 Å². The van der Waals surface area contributed by atoms with E-state index in [-0.39, 0.29) is 30.4 Å². The second-order valence-corrected chi connectivity index (χ2v) is 11.0. The molecule has 0 saturated carbocycles. The maximum Gasteiger partial charge on any atom is 0.408 e. The van der Waals surface area contributed by atoms with Crippen LogP contribution in [0.4, 0.5) is 4.79 Å². The first-order valence-corrected chi connectivity index (χ1v) is 12.0. The molecule has 1 saturated heterocycles. The highest BCUT2D eigenvalue weighted by Gasteiger charge is 2.25. The van der Waals surface area contributed by atoms with E-state index in [1.807, 2.05) is 24.0 Å². The van der Waals surface area contributed by atoms with Crippen LogP contribution in [0.1, 0.15) is 65.5 Å². The Morgan fingerprint density at radius 3 is 2.26 bits per heavy atom. The molecule has 2 rings (SSSR count). The van der Waals surface area contributed by atoms with Crippen molar-refractivity contribution in [3.05, 3.63) is 29.3 Å². The lowest BCUT2D eigenvalue weighted by molar-refractivity contribution is -0.135. The van der Waals surface area contributed by atoms with Gasteiger partial charge in [-0.05, 0) is 63.5 Å². The number of aryl methyl sites for hydroxylation is 1. The van der Waals surface area contributed by atoms with Crippen molar-refractivity contribution in [2.75, 3.05) is 32.8 Å². The lowest BCUT2D eigenvalue weighted by Crippen LogP contribution is -2.45. The minimum absolute atomic E-state index is 0.0177. The van der Waals surface area contributed by atoms with Gasteiger partial charge in [-0.2, -0.15) is 0 Å². The number of rotatable bonds is 7. The first-order valence-electron chi connectivity index (χ1n) is 12.0. The number of amides is 3. The van der Waals surface area contributed by atoms with Crippen LogP contribution in [0.2, 0.25) is 0 Å². The van der Waals surface area contributed by atoms with Crippen LogP contribution in [0.25, 0.3) is 0 Å². The third kappa shape index (κ3) is 9.23. The Labute approximate surface area is 203 Å². The van der Waals surface area contributed by atoms with Gasteiger partial charge in [0.2, 0.25) is 5.91 Å². The van der Waals surface area contributed by atoms with E-state index in [1.165, 1.54) is 5.56 Å². The summed E-state index contributed by atoms with van der Waals surface area (Å²) in [5.74, 6) is 0.763. The summed E-state index contributed by atoms with van der Waals surface area (Å²) in [6.45, 7) is 15.4. The maximum atomic E-state index is 12.7. The summed E-state index contributed by atoms with van der Waals surface area (Å²) < 4.78 is 11.0. The van der Waals surface area contributed by atoms with Gasteiger partial charge in [0.1, 0.15) is 11.4 Å². The van der Waals surface area contributed by atoms with Crippen LogP contribution in [-0.2, 0) is 19.7 Å². The summed E-state index contributed by atoms with van der Waals surface area (Å²) in [5.41, 5.74) is 1.58. The average molecular weight is 476 g/mol. The van der Waals surface area contributed by atoms with Gasteiger partial charge >= 0.3 is 6.09 Å². The molecule has 190 valence electrons. The number of benzene rings is 1. The zero-order valence-electron chi connectivity index (χ0n) is 21.7. The van der Waals surface area contributed by atoms with Gasteiger partial charge in [0.25, 0.3) is 5.91 Å². The number of ether oxygens (including phenoxy) is 2.